The van der Waals surface area contributed by atoms with Crippen LogP contribution in [-0.4, -0.2) is 39.3 Å². The molecule has 1 aliphatic rings. The molecule has 1 rings (SSSR count). The Hall–Kier alpha value is 0.160. The average Bonchev–Trinajstić information content (AvgIpc) is 2.09. The van der Waals surface area contributed by atoms with Crippen molar-refractivity contribution in [1.82, 2.24) is 4.72 Å². The van der Waals surface area contributed by atoms with Gasteiger partial charge >= 0.3 is 0 Å². The standard InChI is InChI=1S/C9H18ClNO3S/c1-7(5-10)6-15(12,13)11-8-3-9(4-8)14-2/h7-9,11H,3-6H2,1-2H3. The van der Waals surface area contributed by atoms with Crippen molar-refractivity contribution < 1.29 is 13.2 Å². The molecular formula is C9H18ClNO3S. The molecule has 1 aliphatic carbocycles. The summed E-state index contributed by atoms with van der Waals surface area (Å²) in [5.74, 6) is 0.458. The third kappa shape index (κ3) is 4.26. The molecule has 0 aromatic rings. The Morgan fingerprint density at radius 2 is 2.13 bits per heavy atom. The Kier molecular flexibility index (Phi) is 4.83. The third-order valence-corrected chi connectivity index (χ3v) is 4.77. The molecule has 0 saturated heterocycles. The van der Waals surface area contributed by atoms with Gasteiger partial charge < -0.3 is 4.74 Å². The lowest BCUT2D eigenvalue weighted by Gasteiger charge is -2.34. The van der Waals surface area contributed by atoms with Crippen molar-refractivity contribution in [3.05, 3.63) is 0 Å². The number of rotatable bonds is 6. The highest BCUT2D eigenvalue weighted by Gasteiger charge is 2.32. The first-order valence-electron chi connectivity index (χ1n) is 5.05. The smallest absolute Gasteiger partial charge is 0.212 e. The van der Waals surface area contributed by atoms with Gasteiger partial charge in [-0.2, -0.15) is 0 Å². The SMILES string of the molecule is COC1CC(NS(=O)(=O)CC(C)CCl)C1. The molecule has 1 fully saturated rings. The number of hydrogen-bond donors (Lipinski definition) is 1. The molecule has 1 unspecified atom stereocenters. The van der Waals surface area contributed by atoms with E-state index in [-0.39, 0.29) is 23.8 Å². The van der Waals surface area contributed by atoms with Gasteiger partial charge in [-0.15, -0.1) is 11.6 Å². The summed E-state index contributed by atoms with van der Waals surface area (Å²) in [7, 11) is -1.53. The maximum atomic E-state index is 11.6. The third-order valence-electron chi connectivity index (χ3n) is 2.54. The van der Waals surface area contributed by atoms with E-state index in [0.29, 0.717) is 5.88 Å². The van der Waals surface area contributed by atoms with Crippen LogP contribution in [0.5, 0.6) is 0 Å². The van der Waals surface area contributed by atoms with Gasteiger partial charge in [-0.1, -0.05) is 6.92 Å². The molecule has 0 bridgehead atoms. The molecule has 0 spiro atoms. The lowest BCUT2D eigenvalue weighted by molar-refractivity contribution is 0.0236. The number of halogens is 1. The molecule has 0 aromatic heterocycles. The maximum Gasteiger partial charge on any atom is 0.212 e. The maximum absolute atomic E-state index is 11.6. The lowest BCUT2D eigenvalue weighted by atomic mass is 9.90. The molecule has 15 heavy (non-hydrogen) atoms. The van der Waals surface area contributed by atoms with E-state index < -0.39 is 10.0 Å². The number of ether oxygens (including phenoxy) is 1. The van der Waals surface area contributed by atoms with E-state index in [1.54, 1.807) is 7.11 Å². The number of methoxy groups -OCH3 is 1. The van der Waals surface area contributed by atoms with Gasteiger partial charge in [-0.3, -0.25) is 0 Å². The molecule has 1 N–H and O–H groups in total. The van der Waals surface area contributed by atoms with Crippen LogP contribution >= 0.6 is 11.6 Å². The number of nitrogens with one attached hydrogen (secondary N) is 1. The second-order valence-corrected chi connectivity index (χ2v) is 6.29. The average molecular weight is 256 g/mol. The fourth-order valence-corrected chi connectivity index (χ4v) is 3.48. The van der Waals surface area contributed by atoms with Crippen LogP contribution in [-0.2, 0) is 14.8 Å². The molecule has 0 aliphatic heterocycles. The van der Waals surface area contributed by atoms with Crippen LogP contribution in [0.4, 0.5) is 0 Å². The van der Waals surface area contributed by atoms with Gasteiger partial charge in [0.1, 0.15) is 0 Å². The summed E-state index contributed by atoms with van der Waals surface area (Å²) in [5, 5.41) is 0. The Bertz CT molecular complexity index is 288. The predicted octanol–water partition coefficient (Wildman–Crippen LogP) is 0.958. The first-order valence-corrected chi connectivity index (χ1v) is 7.24. The van der Waals surface area contributed by atoms with Crippen LogP contribution in [0.2, 0.25) is 0 Å². The predicted molar refractivity (Wildman–Crippen MR) is 60.6 cm³/mol. The van der Waals surface area contributed by atoms with Crippen LogP contribution in [0.1, 0.15) is 19.8 Å². The van der Waals surface area contributed by atoms with Crippen molar-refractivity contribution >= 4 is 21.6 Å². The Balaban J connectivity index is 2.32. The zero-order valence-corrected chi connectivity index (χ0v) is 10.6. The van der Waals surface area contributed by atoms with E-state index in [4.69, 9.17) is 16.3 Å². The second kappa shape index (κ2) is 5.48. The van der Waals surface area contributed by atoms with Gasteiger partial charge in [0.15, 0.2) is 0 Å². The van der Waals surface area contributed by atoms with Crippen molar-refractivity contribution in [2.24, 2.45) is 5.92 Å². The van der Waals surface area contributed by atoms with E-state index in [1.807, 2.05) is 6.92 Å². The monoisotopic (exact) mass is 255 g/mol. The topological polar surface area (TPSA) is 55.4 Å². The van der Waals surface area contributed by atoms with Crippen molar-refractivity contribution in [1.29, 1.82) is 0 Å². The molecule has 1 atom stereocenters. The van der Waals surface area contributed by atoms with Gasteiger partial charge in [0.2, 0.25) is 10.0 Å². The molecule has 90 valence electrons. The second-order valence-electron chi connectivity index (χ2n) is 4.18. The van der Waals surface area contributed by atoms with E-state index >= 15 is 0 Å². The minimum absolute atomic E-state index is 0.0116. The summed E-state index contributed by atoms with van der Waals surface area (Å²) < 4.78 is 30.9. The van der Waals surface area contributed by atoms with E-state index in [2.05, 4.69) is 4.72 Å². The van der Waals surface area contributed by atoms with E-state index in [1.165, 1.54) is 0 Å². The Labute approximate surface area is 96.4 Å². The first-order chi connectivity index (χ1) is 6.96. The molecule has 1 saturated carbocycles. The highest BCUT2D eigenvalue weighted by Crippen LogP contribution is 2.23. The normalized spacial score (nSPS) is 28.5. The minimum Gasteiger partial charge on any atom is -0.381 e. The number of alkyl halides is 1. The summed E-state index contributed by atoms with van der Waals surface area (Å²) in [6.07, 6.45) is 1.75. The molecule has 4 nitrogen and oxygen atoms in total. The zero-order chi connectivity index (χ0) is 11.5. The number of sulfonamides is 1. The van der Waals surface area contributed by atoms with Crippen LogP contribution < -0.4 is 4.72 Å². The van der Waals surface area contributed by atoms with Crippen LogP contribution in [0.25, 0.3) is 0 Å². The van der Waals surface area contributed by atoms with Gasteiger partial charge in [0.25, 0.3) is 0 Å². The Morgan fingerprint density at radius 3 is 2.60 bits per heavy atom. The van der Waals surface area contributed by atoms with Crippen molar-refractivity contribution in [3.8, 4) is 0 Å². The zero-order valence-electron chi connectivity index (χ0n) is 9.07. The van der Waals surface area contributed by atoms with Crippen molar-refractivity contribution in [2.75, 3.05) is 18.7 Å². The van der Waals surface area contributed by atoms with Gasteiger partial charge in [0, 0.05) is 19.0 Å². The van der Waals surface area contributed by atoms with Crippen LogP contribution in [0, 0.1) is 5.92 Å². The summed E-state index contributed by atoms with van der Waals surface area (Å²) in [4.78, 5) is 0. The highest BCUT2D eigenvalue weighted by atomic mass is 35.5. The quantitative estimate of drug-likeness (QED) is 0.720. The lowest BCUT2D eigenvalue weighted by Crippen LogP contribution is -2.48. The fraction of sp³-hybridized carbons (Fsp3) is 1.00. The van der Waals surface area contributed by atoms with Crippen molar-refractivity contribution in [2.45, 2.75) is 31.9 Å². The van der Waals surface area contributed by atoms with Crippen LogP contribution in [0.15, 0.2) is 0 Å². The van der Waals surface area contributed by atoms with E-state index in [0.717, 1.165) is 12.8 Å². The first kappa shape index (κ1) is 13.2. The fourth-order valence-electron chi connectivity index (χ4n) is 1.58. The summed E-state index contributed by atoms with van der Waals surface area (Å²) in [6.45, 7) is 1.82. The number of hydrogen-bond acceptors (Lipinski definition) is 3. The summed E-state index contributed by atoms with van der Waals surface area (Å²) in [6, 6.07) is 0.0440. The minimum atomic E-state index is -3.17. The van der Waals surface area contributed by atoms with Gasteiger partial charge in [-0.05, 0) is 18.8 Å². The molecule has 0 heterocycles. The summed E-state index contributed by atoms with van der Waals surface area (Å²) >= 11 is 5.58. The Morgan fingerprint density at radius 1 is 1.53 bits per heavy atom. The molecular weight excluding hydrogens is 238 g/mol. The largest absolute Gasteiger partial charge is 0.381 e. The molecule has 0 aromatic carbocycles. The highest BCUT2D eigenvalue weighted by molar-refractivity contribution is 7.89. The van der Waals surface area contributed by atoms with E-state index in [9.17, 15) is 8.42 Å². The van der Waals surface area contributed by atoms with Gasteiger partial charge in [0.05, 0.1) is 11.9 Å². The van der Waals surface area contributed by atoms with Gasteiger partial charge in [-0.25, -0.2) is 13.1 Å². The van der Waals surface area contributed by atoms with Crippen molar-refractivity contribution in [3.63, 3.8) is 0 Å². The molecule has 0 amide bonds. The summed E-state index contributed by atoms with van der Waals surface area (Å²) in [5.41, 5.74) is 0. The van der Waals surface area contributed by atoms with Crippen LogP contribution in [0.3, 0.4) is 0 Å². The molecule has 0 radical (unpaired) electrons. The molecule has 6 heteroatoms.